The zero-order valence-electron chi connectivity index (χ0n) is 10.9. The molecule has 1 fully saturated rings. The molecule has 0 amide bonds. The van der Waals surface area contributed by atoms with Crippen LogP contribution in [0.3, 0.4) is 0 Å². The molecule has 1 rings (SSSR count). The van der Waals surface area contributed by atoms with Crippen LogP contribution >= 0.6 is 0 Å². The van der Waals surface area contributed by atoms with E-state index in [1.54, 1.807) is 0 Å². The van der Waals surface area contributed by atoms with Gasteiger partial charge in [-0.1, -0.05) is 6.92 Å². The Morgan fingerprint density at radius 2 is 1.88 bits per heavy atom. The van der Waals surface area contributed by atoms with Gasteiger partial charge in [0.25, 0.3) is 6.47 Å². The van der Waals surface area contributed by atoms with Crippen molar-refractivity contribution in [2.45, 2.75) is 46.1 Å². The Kier molecular flexibility index (Phi) is 6.60. The number of ether oxygens (including phenoxy) is 1. The quantitative estimate of drug-likeness (QED) is 0.704. The molecule has 0 aliphatic carbocycles. The Hall–Kier alpha value is -0.610. The van der Waals surface area contributed by atoms with Crippen molar-refractivity contribution in [2.75, 3.05) is 19.7 Å². The first-order chi connectivity index (χ1) is 7.33. The summed E-state index contributed by atoms with van der Waals surface area (Å²) in [5.41, 5.74) is -0.104. The van der Waals surface area contributed by atoms with Crippen LogP contribution in [0.4, 0.5) is 0 Å². The maximum absolute atomic E-state index is 9.60. The van der Waals surface area contributed by atoms with Gasteiger partial charge in [-0.2, -0.15) is 0 Å². The van der Waals surface area contributed by atoms with Gasteiger partial charge in [-0.15, -0.1) is 0 Å². The number of aliphatic hydroxyl groups excluding tert-OH is 1. The number of rotatable bonds is 2. The van der Waals surface area contributed by atoms with Gasteiger partial charge in [0, 0.05) is 6.61 Å². The van der Waals surface area contributed by atoms with Gasteiger partial charge >= 0.3 is 0 Å². The third kappa shape index (κ3) is 7.65. The fraction of sp³-hybridized carbons (Fsp3) is 0.917. The van der Waals surface area contributed by atoms with Gasteiger partial charge in [-0.05, 0) is 52.1 Å². The minimum atomic E-state index is -0.318. The van der Waals surface area contributed by atoms with Crippen LogP contribution in [0, 0.1) is 5.41 Å². The average Bonchev–Trinajstić information content (AvgIpc) is 2.18. The first kappa shape index (κ1) is 15.4. The van der Waals surface area contributed by atoms with Gasteiger partial charge < -0.3 is 15.2 Å². The number of hydrogen-bond acceptors (Lipinski definition) is 4. The lowest BCUT2D eigenvalue weighted by molar-refractivity contribution is -0.138. The Morgan fingerprint density at radius 3 is 2.06 bits per heavy atom. The fourth-order valence-electron chi connectivity index (χ4n) is 1.33. The Labute approximate surface area is 98.4 Å². The molecule has 0 unspecified atom stereocenters. The normalized spacial score (nSPS) is 19.3. The third-order valence-corrected chi connectivity index (χ3v) is 2.59. The van der Waals surface area contributed by atoms with Crippen LogP contribution in [0.5, 0.6) is 0 Å². The molecule has 2 N–H and O–H groups in total. The number of nitrogens with one attached hydrogen (secondary N) is 1. The monoisotopic (exact) mass is 231 g/mol. The second-order valence-electron chi connectivity index (χ2n) is 5.55. The molecule has 0 atom stereocenters. The molecule has 0 aromatic heterocycles. The van der Waals surface area contributed by atoms with Crippen molar-refractivity contribution in [3.05, 3.63) is 0 Å². The molecule has 1 saturated heterocycles. The minimum Gasteiger partial charge on any atom is -0.462 e. The molecule has 1 aliphatic heterocycles. The molecule has 0 bridgehead atoms. The minimum absolute atomic E-state index is 0.214. The zero-order chi connectivity index (χ0) is 12.7. The highest BCUT2D eigenvalue weighted by Crippen LogP contribution is 2.26. The van der Waals surface area contributed by atoms with Crippen molar-refractivity contribution >= 4 is 6.47 Å². The summed E-state index contributed by atoms with van der Waals surface area (Å²) in [6.07, 6.45) is 2.23. The summed E-state index contributed by atoms with van der Waals surface area (Å²) >= 11 is 0. The second kappa shape index (κ2) is 6.86. The van der Waals surface area contributed by atoms with Gasteiger partial charge in [-0.3, -0.25) is 4.79 Å². The number of hydrogen-bond donors (Lipinski definition) is 2. The largest absolute Gasteiger partial charge is 0.462 e. The van der Waals surface area contributed by atoms with Crippen molar-refractivity contribution in [2.24, 2.45) is 5.41 Å². The van der Waals surface area contributed by atoms with Crippen molar-refractivity contribution in [3.63, 3.8) is 0 Å². The highest BCUT2D eigenvalue weighted by atomic mass is 16.5. The number of carbonyl (C=O) groups is 1. The maximum Gasteiger partial charge on any atom is 0.293 e. The summed E-state index contributed by atoms with van der Waals surface area (Å²) in [6, 6.07) is 0. The van der Waals surface area contributed by atoms with Crippen LogP contribution in [0.15, 0.2) is 0 Å². The number of carbonyl (C=O) groups excluding carboxylic acids is 1. The van der Waals surface area contributed by atoms with Crippen molar-refractivity contribution in [3.8, 4) is 0 Å². The predicted molar refractivity (Wildman–Crippen MR) is 64.2 cm³/mol. The van der Waals surface area contributed by atoms with E-state index in [2.05, 4.69) is 17.0 Å². The van der Waals surface area contributed by atoms with E-state index in [4.69, 9.17) is 5.11 Å². The lowest BCUT2D eigenvalue weighted by atomic mass is 9.82. The smallest absolute Gasteiger partial charge is 0.293 e. The van der Waals surface area contributed by atoms with E-state index < -0.39 is 0 Å². The summed E-state index contributed by atoms with van der Waals surface area (Å²) in [5, 5.41) is 12.2. The van der Waals surface area contributed by atoms with Crippen LogP contribution in [-0.2, 0) is 9.53 Å². The van der Waals surface area contributed by atoms with Crippen LogP contribution < -0.4 is 5.32 Å². The molecule has 0 saturated carbocycles. The lowest BCUT2D eigenvalue weighted by Gasteiger charge is -2.31. The molecule has 1 heterocycles. The predicted octanol–water partition coefficient (Wildman–Crippen LogP) is 1.33. The van der Waals surface area contributed by atoms with Gasteiger partial charge in [0.05, 0.1) is 0 Å². The molecule has 4 heteroatoms. The van der Waals surface area contributed by atoms with Gasteiger partial charge in [0.15, 0.2) is 0 Å². The summed E-state index contributed by atoms with van der Waals surface area (Å²) < 4.78 is 4.55. The van der Waals surface area contributed by atoms with Crippen LogP contribution in [0.1, 0.15) is 40.5 Å². The fourth-order valence-corrected chi connectivity index (χ4v) is 1.33. The van der Waals surface area contributed by atoms with Crippen LogP contribution in [-0.4, -0.2) is 36.9 Å². The van der Waals surface area contributed by atoms with E-state index in [0.717, 1.165) is 25.9 Å². The second-order valence-corrected chi connectivity index (χ2v) is 5.55. The van der Waals surface area contributed by atoms with Gasteiger partial charge in [0.2, 0.25) is 0 Å². The van der Waals surface area contributed by atoms with E-state index in [1.807, 2.05) is 20.8 Å². The molecule has 96 valence electrons. The summed E-state index contributed by atoms with van der Waals surface area (Å²) in [4.78, 5) is 9.60. The summed E-state index contributed by atoms with van der Waals surface area (Å²) in [7, 11) is 0. The zero-order valence-corrected chi connectivity index (χ0v) is 10.9. The molecule has 0 spiro atoms. The molecule has 0 radical (unpaired) electrons. The van der Waals surface area contributed by atoms with E-state index in [9.17, 15) is 4.79 Å². The molecule has 0 aromatic rings. The molecule has 0 aromatic carbocycles. The van der Waals surface area contributed by atoms with Crippen LogP contribution in [0.25, 0.3) is 0 Å². The molecule has 16 heavy (non-hydrogen) atoms. The molecule has 1 aliphatic rings. The first-order valence-electron chi connectivity index (χ1n) is 5.76. The highest BCUT2D eigenvalue weighted by molar-refractivity contribution is 5.37. The van der Waals surface area contributed by atoms with Crippen molar-refractivity contribution in [1.82, 2.24) is 5.32 Å². The SMILES string of the molecule is CC(C)(C)OC=O.CC1(CO)CCNCC1. The topological polar surface area (TPSA) is 58.6 Å². The van der Waals surface area contributed by atoms with E-state index >= 15 is 0 Å². The molecular weight excluding hydrogens is 206 g/mol. The van der Waals surface area contributed by atoms with E-state index in [1.165, 1.54) is 0 Å². The molecular formula is C12H25NO3. The lowest BCUT2D eigenvalue weighted by Crippen LogP contribution is -2.36. The Balaban J connectivity index is 0.000000293. The first-order valence-corrected chi connectivity index (χ1v) is 5.76. The van der Waals surface area contributed by atoms with Crippen LogP contribution in [0.2, 0.25) is 0 Å². The number of piperidine rings is 1. The summed E-state index contributed by atoms with van der Waals surface area (Å²) in [5.74, 6) is 0. The Bertz CT molecular complexity index is 193. The molecule has 4 nitrogen and oxygen atoms in total. The number of aliphatic hydroxyl groups is 1. The maximum atomic E-state index is 9.60. The Morgan fingerprint density at radius 1 is 1.38 bits per heavy atom. The summed E-state index contributed by atoms with van der Waals surface area (Å²) in [6.45, 7) is 10.5. The van der Waals surface area contributed by atoms with Crippen molar-refractivity contribution < 1.29 is 14.6 Å². The van der Waals surface area contributed by atoms with Crippen molar-refractivity contribution in [1.29, 1.82) is 0 Å². The standard InChI is InChI=1S/C7H15NO.C5H10O2/c1-7(6-9)2-4-8-5-3-7;1-5(2,3)7-4-6/h8-9H,2-6H2,1H3;4H,1-3H3. The van der Waals surface area contributed by atoms with Gasteiger partial charge in [0.1, 0.15) is 5.60 Å². The van der Waals surface area contributed by atoms with E-state index in [-0.39, 0.29) is 11.0 Å². The average molecular weight is 231 g/mol. The third-order valence-electron chi connectivity index (χ3n) is 2.59. The highest BCUT2D eigenvalue weighted by Gasteiger charge is 2.24. The van der Waals surface area contributed by atoms with Gasteiger partial charge in [-0.25, -0.2) is 0 Å². The van der Waals surface area contributed by atoms with E-state index in [0.29, 0.717) is 13.1 Å².